The Labute approximate surface area is 127 Å². The van der Waals surface area contributed by atoms with E-state index in [4.69, 9.17) is 4.42 Å². The standard InChI is InChI=1S/C12H10BrF3O4S/c1-7(13)4-8-5-9-2-3-19-11(9)10(6-8)20-21(17,18)12(14,15)16/h2-3,5-7H,4H2,1H3. The van der Waals surface area contributed by atoms with Gasteiger partial charge in [0, 0.05) is 10.2 Å². The number of rotatable bonds is 4. The fourth-order valence-corrected chi connectivity index (χ4v) is 2.61. The van der Waals surface area contributed by atoms with Gasteiger partial charge < -0.3 is 8.60 Å². The van der Waals surface area contributed by atoms with Crippen LogP contribution in [0.1, 0.15) is 12.5 Å². The second-order valence-corrected chi connectivity index (χ2v) is 7.50. The van der Waals surface area contributed by atoms with Crippen molar-refractivity contribution in [3.05, 3.63) is 30.0 Å². The maximum atomic E-state index is 12.4. The molecule has 0 amide bonds. The number of fused-ring (bicyclic) bond motifs is 1. The highest BCUT2D eigenvalue weighted by Gasteiger charge is 2.49. The van der Waals surface area contributed by atoms with E-state index >= 15 is 0 Å². The summed E-state index contributed by atoms with van der Waals surface area (Å²) in [5.41, 5.74) is -4.92. The average Bonchev–Trinajstić information content (AvgIpc) is 2.74. The molecule has 0 radical (unpaired) electrons. The van der Waals surface area contributed by atoms with Crippen molar-refractivity contribution >= 4 is 37.0 Å². The minimum atomic E-state index is -5.74. The molecule has 1 unspecified atom stereocenters. The lowest BCUT2D eigenvalue weighted by Gasteiger charge is -2.11. The maximum absolute atomic E-state index is 12.4. The van der Waals surface area contributed by atoms with Crippen LogP contribution in [0.5, 0.6) is 5.75 Å². The van der Waals surface area contributed by atoms with Crippen molar-refractivity contribution < 1.29 is 30.2 Å². The van der Waals surface area contributed by atoms with E-state index in [0.717, 1.165) is 0 Å². The molecule has 0 aliphatic rings. The molecule has 116 valence electrons. The Kier molecular flexibility index (Phi) is 4.25. The first-order valence-corrected chi connectivity index (χ1v) is 8.07. The molecular formula is C12H10BrF3O4S. The minimum Gasteiger partial charge on any atom is -0.460 e. The normalized spacial score (nSPS) is 14.3. The second kappa shape index (κ2) is 5.53. The summed E-state index contributed by atoms with van der Waals surface area (Å²) in [6.07, 6.45) is 1.74. The van der Waals surface area contributed by atoms with Crippen LogP contribution in [0.3, 0.4) is 0 Å². The third kappa shape index (κ3) is 3.52. The van der Waals surface area contributed by atoms with Crippen LogP contribution in [0.2, 0.25) is 0 Å². The predicted molar refractivity (Wildman–Crippen MR) is 73.9 cm³/mol. The van der Waals surface area contributed by atoms with E-state index in [1.54, 1.807) is 6.07 Å². The van der Waals surface area contributed by atoms with E-state index in [1.165, 1.54) is 18.4 Å². The highest BCUT2D eigenvalue weighted by Crippen LogP contribution is 2.34. The number of hydrogen-bond acceptors (Lipinski definition) is 4. The fraction of sp³-hybridized carbons (Fsp3) is 0.333. The first-order chi connectivity index (χ1) is 9.60. The molecule has 1 aromatic heterocycles. The van der Waals surface area contributed by atoms with Crippen LogP contribution in [0.25, 0.3) is 11.0 Å². The summed E-state index contributed by atoms with van der Waals surface area (Å²) in [6, 6.07) is 4.45. The molecule has 1 aromatic carbocycles. The van der Waals surface area contributed by atoms with Gasteiger partial charge in [-0.1, -0.05) is 22.9 Å². The van der Waals surface area contributed by atoms with Gasteiger partial charge in [-0.3, -0.25) is 0 Å². The lowest BCUT2D eigenvalue weighted by Crippen LogP contribution is -2.28. The lowest BCUT2D eigenvalue weighted by molar-refractivity contribution is -0.0499. The summed E-state index contributed by atoms with van der Waals surface area (Å²) in [6.45, 7) is 1.85. The van der Waals surface area contributed by atoms with Crippen molar-refractivity contribution in [3.8, 4) is 5.75 Å². The number of furan rings is 1. The summed E-state index contributed by atoms with van der Waals surface area (Å²) >= 11 is 3.32. The van der Waals surface area contributed by atoms with Gasteiger partial charge in [0.1, 0.15) is 0 Å². The topological polar surface area (TPSA) is 56.5 Å². The van der Waals surface area contributed by atoms with Gasteiger partial charge in [0.05, 0.1) is 6.26 Å². The molecule has 1 atom stereocenters. The van der Waals surface area contributed by atoms with Crippen molar-refractivity contribution in [1.82, 2.24) is 0 Å². The van der Waals surface area contributed by atoms with Crippen LogP contribution < -0.4 is 4.18 Å². The zero-order valence-electron chi connectivity index (χ0n) is 10.6. The summed E-state index contributed by atoms with van der Waals surface area (Å²) in [5.74, 6) is -0.474. The van der Waals surface area contributed by atoms with Crippen LogP contribution >= 0.6 is 15.9 Å². The molecule has 9 heteroatoms. The molecule has 2 rings (SSSR count). The molecule has 21 heavy (non-hydrogen) atoms. The van der Waals surface area contributed by atoms with Crippen LogP contribution in [0.15, 0.2) is 28.9 Å². The first kappa shape index (κ1) is 16.2. The zero-order valence-corrected chi connectivity index (χ0v) is 13.0. The highest BCUT2D eigenvalue weighted by atomic mass is 79.9. The molecule has 0 aliphatic carbocycles. The Balaban J connectivity index is 2.50. The SMILES string of the molecule is CC(Br)Cc1cc(OS(=O)(=O)C(F)(F)F)c2occc2c1. The summed E-state index contributed by atoms with van der Waals surface area (Å²) in [7, 11) is -5.74. The van der Waals surface area contributed by atoms with E-state index in [9.17, 15) is 21.6 Å². The van der Waals surface area contributed by atoms with Crippen LogP contribution in [0, 0.1) is 0 Å². The third-order valence-corrected chi connectivity index (χ3v) is 3.87. The van der Waals surface area contributed by atoms with Gasteiger partial charge in [-0.05, 0) is 30.2 Å². The Morgan fingerprint density at radius 1 is 1.38 bits per heavy atom. The lowest BCUT2D eigenvalue weighted by atomic mass is 10.1. The molecule has 0 aliphatic heterocycles. The van der Waals surface area contributed by atoms with E-state index in [0.29, 0.717) is 17.4 Å². The molecule has 4 nitrogen and oxygen atoms in total. The van der Waals surface area contributed by atoms with Gasteiger partial charge in [-0.2, -0.15) is 21.6 Å². The molecule has 1 heterocycles. The summed E-state index contributed by atoms with van der Waals surface area (Å²) < 4.78 is 68.7. The molecule has 0 fully saturated rings. The van der Waals surface area contributed by atoms with Gasteiger partial charge in [-0.15, -0.1) is 0 Å². The second-order valence-electron chi connectivity index (χ2n) is 4.40. The smallest absolute Gasteiger partial charge is 0.460 e. The summed E-state index contributed by atoms with van der Waals surface area (Å²) in [5, 5.41) is 0.466. The van der Waals surface area contributed by atoms with E-state index in [-0.39, 0.29) is 10.4 Å². The van der Waals surface area contributed by atoms with Crippen molar-refractivity contribution in [2.75, 3.05) is 0 Å². The Morgan fingerprint density at radius 2 is 2.05 bits per heavy atom. The number of benzene rings is 1. The third-order valence-electron chi connectivity index (χ3n) is 2.58. The molecule has 0 saturated carbocycles. The van der Waals surface area contributed by atoms with Gasteiger partial charge in [0.2, 0.25) is 0 Å². The minimum absolute atomic E-state index is 0.0474. The average molecular weight is 387 g/mol. The molecule has 0 saturated heterocycles. The highest BCUT2D eigenvalue weighted by molar-refractivity contribution is 9.09. The molecule has 2 aromatic rings. The van der Waals surface area contributed by atoms with Crippen molar-refractivity contribution in [2.45, 2.75) is 23.7 Å². The van der Waals surface area contributed by atoms with Gasteiger partial charge in [0.25, 0.3) is 0 Å². The Morgan fingerprint density at radius 3 is 2.62 bits per heavy atom. The van der Waals surface area contributed by atoms with E-state index < -0.39 is 21.4 Å². The Bertz CT molecular complexity index is 749. The fourth-order valence-electron chi connectivity index (χ4n) is 1.78. The van der Waals surface area contributed by atoms with Crippen molar-refractivity contribution in [2.24, 2.45) is 0 Å². The molecule has 0 bridgehead atoms. The monoisotopic (exact) mass is 386 g/mol. The van der Waals surface area contributed by atoms with Crippen molar-refractivity contribution in [3.63, 3.8) is 0 Å². The quantitative estimate of drug-likeness (QED) is 0.452. The van der Waals surface area contributed by atoms with Gasteiger partial charge >= 0.3 is 15.6 Å². The number of halogens is 4. The van der Waals surface area contributed by atoms with Crippen molar-refractivity contribution in [1.29, 1.82) is 0 Å². The molecular weight excluding hydrogens is 377 g/mol. The van der Waals surface area contributed by atoms with Gasteiger partial charge in [0.15, 0.2) is 11.3 Å². The number of alkyl halides is 4. The summed E-state index contributed by atoms with van der Waals surface area (Å²) in [4.78, 5) is 0.0638. The van der Waals surface area contributed by atoms with Crippen LogP contribution in [-0.2, 0) is 16.5 Å². The first-order valence-electron chi connectivity index (χ1n) is 5.75. The molecule has 0 N–H and O–H groups in total. The maximum Gasteiger partial charge on any atom is 0.534 e. The molecule has 0 spiro atoms. The van der Waals surface area contributed by atoms with E-state index in [2.05, 4.69) is 20.1 Å². The van der Waals surface area contributed by atoms with Crippen LogP contribution in [0.4, 0.5) is 13.2 Å². The zero-order chi connectivity index (χ0) is 15.8. The van der Waals surface area contributed by atoms with E-state index in [1.807, 2.05) is 6.92 Å². The largest absolute Gasteiger partial charge is 0.534 e. The van der Waals surface area contributed by atoms with Gasteiger partial charge in [-0.25, -0.2) is 0 Å². The van der Waals surface area contributed by atoms with Crippen LogP contribution in [-0.4, -0.2) is 18.8 Å². The Hall–Kier alpha value is -1.22. The predicted octanol–water partition coefficient (Wildman–Crippen LogP) is 3.99. The number of hydrogen-bond donors (Lipinski definition) is 0.